The zero-order valence-electron chi connectivity index (χ0n) is 12.4. The maximum Gasteiger partial charge on any atom is 0.272 e. The number of aryl methyl sites for hydroxylation is 1. The molecule has 2 N–H and O–H groups in total. The van der Waals surface area contributed by atoms with Crippen LogP contribution in [0.25, 0.3) is 11.5 Å². The molecule has 0 saturated heterocycles. The molecular formula is C15H18N4O3. The van der Waals surface area contributed by atoms with Crippen molar-refractivity contribution in [2.75, 3.05) is 0 Å². The highest BCUT2D eigenvalue weighted by atomic mass is 16.6. The van der Waals surface area contributed by atoms with Crippen molar-refractivity contribution in [3.63, 3.8) is 0 Å². The minimum Gasteiger partial charge on any atom is -0.334 e. The lowest BCUT2D eigenvalue weighted by Crippen LogP contribution is -2.39. The second kappa shape index (κ2) is 5.49. The molecule has 2 aromatic rings. The molecule has 7 heteroatoms. The van der Waals surface area contributed by atoms with Gasteiger partial charge in [0.05, 0.1) is 10.5 Å². The number of benzene rings is 1. The second-order valence-corrected chi connectivity index (χ2v) is 5.90. The molecule has 1 saturated carbocycles. The van der Waals surface area contributed by atoms with E-state index in [1.165, 1.54) is 12.5 Å². The van der Waals surface area contributed by atoms with Crippen LogP contribution in [0.5, 0.6) is 0 Å². The van der Waals surface area contributed by atoms with Crippen LogP contribution in [0.3, 0.4) is 0 Å². The molecule has 7 nitrogen and oxygen atoms in total. The van der Waals surface area contributed by atoms with Crippen molar-refractivity contribution in [1.29, 1.82) is 0 Å². The first-order chi connectivity index (χ1) is 10.5. The summed E-state index contributed by atoms with van der Waals surface area (Å²) in [4.78, 5) is 14.9. The number of hydrogen-bond acceptors (Lipinski definition) is 6. The molecule has 0 radical (unpaired) electrons. The van der Waals surface area contributed by atoms with E-state index in [9.17, 15) is 10.1 Å². The van der Waals surface area contributed by atoms with Gasteiger partial charge >= 0.3 is 0 Å². The van der Waals surface area contributed by atoms with Crippen LogP contribution in [0.4, 0.5) is 5.69 Å². The summed E-state index contributed by atoms with van der Waals surface area (Å²) in [6.07, 6.45) is 5.02. The monoisotopic (exact) mass is 302 g/mol. The highest BCUT2D eigenvalue weighted by Gasteiger charge is 2.34. The lowest BCUT2D eigenvalue weighted by atomic mass is 9.82. The van der Waals surface area contributed by atoms with Crippen molar-refractivity contribution in [3.8, 4) is 11.5 Å². The molecule has 1 heterocycles. The Labute approximate surface area is 127 Å². The Bertz CT molecular complexity index is 705. The topological polar surface area (TPSA) is 108 Å². The summed E-state index contributed by atoms with van der Waals surface area (Å²) < 4.78 is 5.31. The summed E-state index contributed by atoms with van der Waals surface area (Å²) in [6.45, 7) is 1.68. The van der Waals surface area contributed by atoms with Crippen LogP contribution in [0.2, 0.25) is 0 Å². The Morgan fingerprint density at radius 2 is 2.05 bits per heavy atom. The third-order valence-electron chi connectivity index (χ3n) is 4.26. The molecule has 116 valence electrons. The van der Waals surface area contributed by atoms with Crippen LogP contribution in [-0.2, 0) is 5.54 Å². The zero-order chi connectivity index (χ0) is 15.7. The van der Waals surface area contributed by atoms with Gasteiger partial charge in [-0.1, -0.05) is 24.4 Å². The van der Waals surface area contributed by atoms with Crippen LogP contribution >= 0.6 is 0 Å². The normalized spacial score (nSPS) is 17.4. The Balaban J connectivity index is 1.90. The van der Waals surface area contributed by atoms with Gasteiger partial charge < -0.3 is 10.3 Å². The fourth-order valence-corrected chi connectivity index (χ4v) is 2.94. The zero-order valence-corrected chi connectivity index (χ0v) is 12.4. The van der Waals surface area contributed by atoms with E-state index in [4.69, 9.17) is 10.3 Å². The van der Waals surface area contributed by atoms with E-state index in [1.54, 1.807) is 19.1 Å². The molecular weight excluding hydrogens is 284 g/mol. The van der Waals surface area contributed by atoms with Gasteiger partial charge in [0.1, 0.15) is 0 Å². The van der Waals surface area contributed by atoms with Crippen molar-refractivity contribution in [2.45, 2.75) is 44.6 Å². The van der Waals surface area contributed by atoms with Crippen molar-refractivity contribution in [3.05, 3.63) is 39.7 Å². The van der Waals surface area contributed by atoms with Gasteiger partial charge in [0.15, 0.2) is 5.82 Å². The summed E-state index contributed by atoms with van der Waals surface area (Å²) in [7, 11) is 0. The molecule has 0 aliphatic heterocycles. The first kappa shape index (κ1) is 14.6. The number of nitrogens with zero attached hydrogens (tertiary/aromatic N) is 3. The van der Waals surface area contributed by atoms with Crippen LogP contribution in [0, 0.1) is 17.0 Å². The molecule has 3 rings (SSSR count). The molecule has 1 aliphatic rings. The van der Waals surface area contributed by atoms with Gasteiger partial charge in [-0.05, 0) is 31.9 Å². The smallest absolute Gasteiger partial charge is 0.272 e. The molecule has 22 heavy (non-hydrogen) atoms. The molecule has 1 aliphatic carbocycles. The minimum atomic E-state index is -0.518. The van der Waals surface area contributed by atoms with Gasteiger partial charge in [-0.25, -0.2) is 0 Å². The summed E-state index contributed by atoms with van der Waals surface area (Å²) in [5, 5.41) is 14.9. The number of aromatic nitrogens is 2. The predicted octanol–water partition coefficient (Wildman–Crippen LogP) is 3.07. The van der Waals surface area contributed by atoms with E-state index in [1.807, 2.05) is 0 Å². The van der Waals surface area contributed by atoms with E-state index in [-0.39, 0.29) is 5.69 Å². The van der Waals surface area contributed by atoms with Crippen LogP contribution < -0.4 is 5.73 Å². The number of rotatable bonds is 3. The van der Waals surface area contributed by atoms with E-state index in [0.29, 0.717) is 22.8 Å². The van der Waals surface area contributed by atoms with Crippen molar-refractivity contribution < 1.29 is 9.45 Å². The third kappa shape index (κ3) is 2.59. The Hall–Kier alpha value is -2.28. The van der Waals surface area contributed by atoms with Crippen LogP contribution in [0.1, 0.15) is 43.5 Å². The molecule has 1 fully saturated rings. The first-order valence-corrected chi connectivity index (χ1v) is 7.38. The molecule has 1 aromatic heterocycles. The maximum atomic E-state index is 10.9. The second-order valence-electron chi connectivity index (χ2n) is 5.90. The third-order valence-corrected chi connectivity index (χ3v) is 4.26. The Kier molecular flexibility index (Phi) is 3.66. The summed E-state index contributed by atoms with van der Waals surface area (Å²) in [5.41, 5.74) is 7.17. The van der Waals surface area contributed by atoms with Gasteiger partial charge in [0.2, 0.25) is 0 Å². The molecule has 1 aromatic carbocycles. The lowest BCUT2D eigenvalue weighted by Gasteiger charge is -2.29. The predicted molar refractivity (Wildman–Crippen MR) is 80.1 cm³/mol. The average molecular weight is 302 g/mol. The van der Waals surface area contributed by atoms with E-state index >= 15 is 0 Å². The molecule has 0 unspecified atom stereocenters. The highest BCUT2D eigenvalue weighted by molar-refractivity contribution is 5.58. The number of nitro benzene ring substituents is 1. The largest absolute Gasteiger partial charge is 0.334 e. The number of nitrogens with two attached hydrogens (primary N) is 1. The molecule has 0 bridgehead atoms. The van der Waals surface area contributed by atoms with E-state index in [0.717, 1.165) is 25.7 Å². The Morgan fingerprint density at radius 1 is 1.32 bits per heavy atom. The van der Waals surface area contributed by atoms with Crippen LogP contribution in [0.15, 0.2) is 22.7 Å². The highest BCUT2D eigenvalue weighted by Crippen LogP contribution is 2.34. The Morgan fingerprint density at radius 3 is 2.68 bits per heavy atom. The molecule has 0 atom stereocenters. The number of nitro groups is 1. The summed E-state index contributed by atoms with van der Waals surface area (Å²) in [6, 6.07) is 4.75. The summed E-state index contributed by atoms with van der Waals surface area (Å²) >= 11 is 0. The van der Waals surface area contributed by atoms with Crippen molar-refractivity contribution in [1.82, 2.24) is 10.1 Å². The van der Waals surface area contributed by atoms with Gasteiger partial charge in [0.25, 0.3) is 11.6 Å². The van der Waals surface area contributed by atoms with Gasteiger partial charge in [-0.15, -0.1) is 0 Å². The lowest BCUT2D eigenvalue weighted by molar-refractivity contribution is -0.385. The molecule has 0 spiro atoms. The average Bonchev–Trinajstić information content (AvgIpc) is 2.98. The standard InChI is InChI=1S/C15H18N4O3/c1-10-9-11(5-6-12(10)19(20)21)13-17-14(18-22-13)15(16)7-3-2-4-8-15/h5-6,9H,2-4,7-8,16H2,1H3. The van der Waals surface area contributed by atoms with Gasteiger partial charge in [0, 0.05) is 17.2 Å². The van der Waals surface area contributed by atoms with Gasteiger partial charge in [-0.3, -0.25) is 10.1 Å². The first-order valence-electron chi connectivity index (χ1n) is 7.38. The fourth-order valence-electron chi connectivity index (χ4n) is 2.94. The van der Waals surface area contributed by atoms with Crippen molar-refractivity contribution >= 4 is 5.69 Å². The molecule has 0 amide bonds. The van der Waals surface area contributed by atoms with E-state index < -0.39 is 10.5 Å². The summed E-state index contributed by atoms with van der Waals surface area (Å²) in [5.74, 6) is 0.876. The van der Waals surface area contributed by atoms with E-state index in [2.05, 4.69) is 10.1 Å². The SMILES string of the molecule is Cc1cc(-c2nc(C3(N)CCCCC3)no2)ccc1[N+](=O)[O-]. The quantitative estimate of drug-likeness (QED) is 0.689. The fraction of sp³-hybridized carbons (Fsp3) is 0.467. The maximum absolute atomic E-state index is 10.9. The van der Waals surface area contributed by atoms with Crippen LogP contribution in [-0.4, -0.2) is 15.1 Å². The van der Waals surface area contributed by atoms with Crippen molar-refractivity contribution in [2.24, 2.45) is 5.73 Å². The minimum absolute atomic E-state index is 0.0751. The number of hydrogen-bond donors (Lipinski definition) is 1. The van der Waals surface area contributed by atoms with Gasteiger partial charge in [-0.2, -0.15) is 4.98 Å².